The van der Waals surface area contributed by atoms with Crippen molar-refractivity contribution in [2.24, 2.45) is 0 Å². The predicted molar refractivity (Wildman–Crippen MR) is 97.5 cm³/mol. The highest BCUT2D eigenvalue weighted by molar-refractivity contribution is 6.01. The van der Waals surface area contributed by atoms with Crippen molar-refractivity contribution in [1.82, 2.24) is 15.0 Å². The van der Waals surface area contributed by atoms with Gasteiger partial charge < -0.3 is 4.74 Å². The molecule has 6 heteroatoms. The molecule has 126 valence electrons. The first-order chi connectivity index (χ1) is 12.6. The SMILES string of the molecule is C#Cc1cccc2cccc(-c3ncc4c(=O)[nH]c(OC)nc4c3F)c12. The minimum Gasteiger partial charge on any atom is -0.468 e. The first-order valence-corrected chi connectivity index (χ1v) is 7.75. The van der Waals surface area contributed by atoms with Crippen molar-refractivity contribution in [1.29, 1.82) is 0 Å². The number of aromatic amines is 1. The molecule has 2 aromatic carbocycles. The summed E-state index contributed by atoms with van der Waals surface area (Å²) < 4.78 is 20.2. The molecule has 26 heavy (non-hydrogen) atoms. The van der Waals surface area contributed by atoms with Gasteiger partial charge in [0.2, 0.25) is 0 Å². The second-order valence-electron chi connectivity index (χ2n) is 5.61. The summed E-state index contributed by atoms with van der Waals surface area (Å²) in [5, 5.41) is 1.64. The van der Waals surface area contributed by atoms with E-state index in [2.05, 4.69) is 20.9 Å². The summed E-state index contributed by atoms with van der Waals surface area (Å²) in [6.45, 7) is 0. The van der Waals surface area contributed by atoms with E-state index in [0.29, 0.717) is 11.1 Å². The maximum absolute atomic E-state index is 15.2. The van der Waals surface area contributed by atoms with Crippen LogP contribution >= 0.6 is 0 Å². The minimum absolute atomic E-state index is 0.0458. The quantitative estimate of drug-likeness (QED) is 0.566. The molecule has 0 saturated carbocycles. The van der Waals surface area contributed by atoms with E-state index < -0.39 is 11.4 Å². The van der Waals surface area contributed by atoms with E-state index in [1.807, 2.05) is 18.2 Å². The summed E-state index contributed by atoms with van der Waals surface area (Å²) in [4.78, 5) is 22.7. The molecule has 5 nitrogen and oxygen atoms in total. The third kappa shape index (κ3) is 2.30. The first kappa shape index (κ1) is 15.8. The van der Waals surface area contributed by atoms with E-state index in [1.165, 1.54) is 13.3 Å². The highest BCUT2D eigenvalue weighted by Crippen LogP contribution is 2.33. The van der Waals surface area contributed by atoms with Crippen molar-refractivity contribution < 1.29 is 9.13 Å². The lowest BCUT2D eigenvalue weighted by molar-refractivity contribution is 0.380. The van der Waals surface area contributed by atoms with Crippen molar-refractivity contribution in [2.45, 2.75) is 0 Å². The highest BCUT2D eigenvalue weighted by Gasteiger charge is 2.18. The van der Waals surface area contributed by atoms with Gasteiger partial charge in [-0.15, -0.1) is 6.42 Å². The molecule has 4 aromatic rings. The first-order valence-electron chi connectivity index (χ1n) is 7.75. The Morgan fingerprint density at radius 2 is 2.00 bits per heavy atom. The second-order valence-corrected chi connectivity index (χ2v) is 5.61. The number of halogens is 1. The number of aromatic nitrogens is 3. The van der Waals surface area contributed by atoms with Crippen LogP contribution in [0.4, 0.5) is 4.39 Å². The van der Waals surface area contributed by atoms with E-state index in [1.54, 1.807) is 18.2 Å². The average molecular weight is 345 g/mol. The smallest absolute Gasteiger partial charge is 0.296 e. The topological polar surface area (TPSA) is 67.9 Å². The van der Waals surface area contributed by atoms with Crippen molar-refractivity contribution >= 4 is 21.7 Å². The molecule has 0 bridgehead atoms. The third-order valence-corrected chi connectivity index (χ3v) is 4.18. The van der Waals surface area contributed by atoms with Gasteiger partial charge >= 0.3 is 0 Å². The standard InChI is InChI=1S/C20H12FN3O2/c1-3-11-6-4-7-12-8-5-9-13(15(11)12)17-16(21)18-14(10-22-17)19(25)24-20(23-18)26-2/h1,4-10H,2H3,(H,23,24,25). The normalized spacial score (nSPS) is 10.8. The van der Waals surface area contributed by atoms with Gasteiger partial charge in [-0.3, -0.25) is 14.8 Å². The Hall–Kier alpha value is -3.72. The van der Waals surface area contributed by atoms with Gasteiger partial charge in [0.15, 0.2) is 5.82 Å². The van der Waals surface area contributed by atoms with Crippen LogP contribution in [0, 0.1) is 18.2 Å². The van der Waals surface area contributed by atoms with Crippen molar-refractivity contribution in [3.8, 4) is 29.6 Å². The Kier molecular flexibility index (Phi) is 3.63. The van der Waals surface area contributed by atoms with E-state index in [0.717, 1.165) is 10.8 Å². The molecule has 0 saturated heterocycles. The van der Waals surface area contributed by atoms with Crippen LogP contribution in [0.5, 0.6) is 6.01 Å². The van der Waals surface area contributed by atoms with Crippen molar-refractivity contribution in [2.75, 3.05) is 7.11 Å². The molecule has 0 aliphatic carbocycles. The summed E-state index contributed by atoms with van der Waals surface area (Å²) in [6.07, 6.45) is 6.91. The average Bonchev–Trinajstić information content (AvgIpc) is 2.67. The Labute approximate surface area is 147 Å². The number of ether oxygens (including phenoxy) is 1. The number of benzene rings is 2. The molecule has 0 fully saturated rings. The van der Waals surface area contributed by atoms with Crippen LogP contribution in [0.1, 0.15) is 5.56 Å². The van der Waals surface area contributed by atoms with Crippen molar-refractivity contribution in [3.05, 3.63) is 64.3 Å². The van der Waals surface area contributed by atoms with Crippen molar-refractivity contribution in [3.63, 3.8) is 0 Å². The Balaban J connectivity index is 2.11. The van der Waals surface area contributed by atoms with Crippen LogP contribution in [0.15, 0.2) is 47.4 Å². The molecular weight excluding hydrogens is 333 g/mol. The number of hydrogen-bond acceptors (Lipinski definition) is 4. The Morgan fingerprint density at radius 3 is 2.73 bits per heavy atom. The second kappa shape index (κ2) is 5.97. The number of nitrogens with one attached hydrogen (secondary N) is 1. The number of terminal acetylenes is 1. The summed E-state index contributed by atoms with van der Waals surface area (Å²) in [5.74, 6) is 1.92. The Morgan fingerprint density at radius 1 is 1.23 bits per heavy atom. The number of hydrogen-bond donors (Lipinski definition) is 1. The monoisotopic (exact) mass is 345 g/mol. The molecular formula is C20H12FN3O2. The van der Waals surface area contributed by atoms with Gasteiger partial charge in [0.05, 0.1) is 12.5 Å². The Bertz CT molecular complexity index is 1270. The summed E-state index contributed by atoms with van der Waals surface area (Å²) >= 11 is 0. The molecule has 2 aromatic heterocycles. The molecule has 4 rings (SSSR count). The maximum atomic E-state index is 15.2. The van der Waals surface area contributed by atoms with Crippen LogP contribution in [-0.4, -0.2) is 22.1 Å². The minimum atomic E-state index is -0.703. The van der Waals surface area contributed by atoms with E-state index in [4.69, 9.17) is 11.2 Å². The highest BCUT2D eigenvalue weighted by atomic mass is 19.1. The maximum Gasteiger partial charge on any atom is 0.296 e. The number of fused-ring (bicyclic) bond motifs is 2. The van der Waals surface area contributed by atoms with Crippen LogP contribution < -0.4 is 10.3 Å². The van der Waals surface area contributed by atoms with Crippen LogP contribution in [0.25, 0.3) is 32.9 Å². The summed E-state index contributed by atoms with van der Waals surface area (Å²) in [6, 6.07) is 10.9. The van der Waals surface area contributed by atoms with E-state index in [-0.39, 0.29) is 22.6 Å². The molecule has 1 N–H and O–H groups in total. The van der Waals surface area contributed by atoms with Gasteiger partial charge in [0, 0.05) is 22.7 Å². The molecule has 0 spiro atoms. The van der Waals surface area contributed by atoms with Crippen LogP contribution in [0.2, 0.25) is 0 Å². The lowest BCUT2D eigenvalue weighted by atomic mass is 9.97. The van der Waals surface area contributed by atoms with Crippen LogP contribution in [-0.2, 0) is 0 Å². The number of nitrogens with zero attached hydrogens (tertiary/aromatic N) is 2. The van der Waals surface area contributed by atoms with E-state index in [9.17, 15) is 4.79 Å². The molecule has 0 aliphatic heterocycles. The molecule has 0 unspecified atom stereocenters. The van der Waals surface area contributed by atoms with Gasteiger partial charge in [0.25, 0.3) is 11.6 Å². The molecule has 0 radical (unpaired) electrons. The fraction of sp³-hybridized carbons (Fsp3) is 0.0500. The predicted octanol–water partition coefficient (Wildman–Crippen LogP) is 3.27. The summed E-state index contributed by atoms with van der Waals surface area (Å²) in [7, 11) is 1.34. The number of rotatable bonds is 2. The molecule has 0 atom stereocenters. The van der Waals surface area contributed by atoms with Gasteiger partial charge in [-0.25, -0.2) is 4.39 Å². The zero-order valence-corrected chi connectivity index (χ0v) is 13.7. The number of H-pyrrole nitrogens is 1. The molecule has 0 amide bonds. The summed E-state index contributed by atoms with van der Waals surface area (Å²) in [5.41, 5.74) is 0.621. The zero-order chi connectivity index (χ0) is 18.3. The number of methoxy groups -OCH3 is 1. The number of pyridine rings is 1. The lowest BCUT2D eigenvalue weighted by Crippen LogP contribution is -2.11. The van der Waals surface area contributed by atoms with Gasteiger partial charge in [-0.05, 0) is 11.5 Å². The fourth-order valence-corrected chi connectivity index (χ4v) is 2.99. The third-order valence-electron chi connectivity index (χ3n) is 4.18. The lowest BCUT2D eigenvalue weighted by Gasteiger charge is -2.10. The molecule has 2 heterocycles. The fourth-order valence-electron chi connectivity index (χ4n) is 2.99. The van der Waals surface area contributed by atoms with E-state index >= 15 is 4.39 Å². The van der Waals surface area contributed by atoms with Gasteiger partial charge in [-0.2, -0.15) is 4.98 Å². The molecule has 0 aliphatic rings. The van der Waals surface area contributed by atoms with Gasteiger partial charge in [-0.1, -0.05) is 36.3 Å². The van der Waals surface area contributed by atoms with Gasteiger partial charge in [0.1, 0.15) is 11.2 Å². The zero-order valence-electron chi connectivity index (χ0n) is 13.7. The van der Waals surface area contributed by atoms with Crippen LogP contribution in [0.3, 0.4) is 0 Å². The largest absolute Gasteiger partial charge is 0.468 e.